The minimum absolute atomic E-state index is 0.0347. The van der Waals surface area contributed by atoms with Crippen molar-refractivity contribution < 1.29 is 37.1 Å². The van der Waals surface area contributed by atoms with Crippen molar-refractivity contribution in [1.29, 1.82) is 0 Å². The fourth-order valence-electron chi connectivity index (χ4n) is 10.7. The quantitative estimate of drug-likeness (QED) is 0.278. The second-order valence-electron chi connectivity index (χ2n) is 18.5. The van der Waals surface area contributed by atoms with Gasteiger partial charge in [-0.3, -0.25) is 29.4 Å². The summed E-state index contributed by atoms with van der Waals surface area (Å²) in [5, 5.41) is 5.95. The van der Waals surface area contributed by atoms with Gasteiger partial charge < -0.3 is 29.7 Å². The van der Waals surface area contributed by atoms with Crippen LogP contribution in [0.25, 0.3) is 0 Å². The SMILES string of the molecule is COc1ncc(N2CCc3ncnc(N[C@H]4CCN(C(=O)C5CCC(C(=O)N6CCN(CC7CCN(c8ccc(C9CCC(=O)NC9=O)cn8)CC7)CC6)CC5)C4)c3C2)cc1C(F)(F)F. The van der Waals surface area contributed by atoms with E-state index in [2.05, 4.69) is 40.4 Å². The largest absolute Gasteiger partial charge is 0.481 e. The summed E-state index contributed by atoms with van der Waals surface area (Å²) in [7, 11) is 1.17. The van der Waals surface area contributed by atoms with Gasteiger partial charge in [0.05, 0.1) is 30.6 Å². The second kappa shape index (κ2) is 19.1. The number of likely N-dealkylation sites (tertiary alicyclic amines) is 1. The molecule has 4 amide bonds. The third-order valence-corrected chi connectivity index (χ3v) is 14.5. The fourth-order valence-corrected chi connectivity index (χ4v) is 10.7. The molecule has 65 heavy (non-hydrogen) atoms. The number of nitrogens with zero attached hydrogens (tertiary/aromatic N) is 9. The number of hydrogen-bond acceptors (Lipinski definition) is 13. The lowest BCUT2D eigenvalue weighted by atomic mass is 9.80. The van der Waals surface area contributed by atoms with Crippen molar-refractivity contribution in [2.24, 2.45) is 17.8 Å². The molecule has 0 spiro atoms. The van der Waals surface area contributed by atoms with Crippen molar-refractivity contribution >= 4 is 41.0 Å². The number of fused-ring (bicyclic) bond motifs is 1. The number of imide groups is 1. The standard InChI is InChI=1S/C46H58F3N11O5/c1-65-43-37(46(47,48)49)22-34(24-51-43)59-17-13-38-36(27-59)41(53-28-52-38)54-33-12-16-60(26-33)45(64)31-4-2-30(3-5-31)44(63)58-20-18-56(19-21-58)25-29-10-14-57(15-11-29)39-8-6-32(23-50-39)35-7-9-40(61)55-42(35)62/h6,8,22-24,28-31,33,35H,2-5,7,9-21,25-27H2,1H3,(H,52,53,54)(H,55,61,62)/t30?,31?,33-,35?/m0/s1. The van der Waals surface area contributed by atoms with Gasteiger partial charge in [0.2, 0.25) is 29.5 Å². The number of hydrogen-bond donors (Lipinski definition) is 2. The predicted molar refractivity (Wildman–Crippen MR) is 234 cm³/mol. The Labute approximate surface area is 376 Å². The molecule has 3 aromatic heterocycles. The van der Waals surface area contributed by atoms with Crippen molar-refractivity contribution in [3.63, 3.8) is 0 Å². The Kier molecular flexibility index (Phi) is 13.1. The van der Waals surface area contributed by atoms with Crippen LogP contribution in [0.1, 0.15) is 86.1 Å². The van der Waals surface area contributed by atoms with Gasteiger partial charge in [0.1, 0.15) is 23.5 Å². The van der Waals surface area contributed by atoms with Gasteiger partial charge >= 0.3 is 6.18 Å². The summed E-state index contributed by atoms with van der Waals surface area (Å²) in [6, 6.07) is 4.99. The maximum absolute atomic E-state index is 13.8. The molecule has 0 aromatic carbocycles. The lowest BCUT2D eigenvalue weighted by Gasteiger charge is -2.40. The van der Waals surface area contributed by atoms with Crippen LogP contribution in [-0.2, 0) is 38.3 Å². The number of anilines is 3. The van der Waals surface area contributed by atoms with Gasteiger partial charge in [-0.1, -0.05) is 6.07 Å². The molecular formula is C46H58F3N11O5. The molecule has 2 N–H and O–H groups in total. The summed E-state index contributed by atoms with van der Waals surface area (Å²) in [5.41, 5.74) is 1.92. The first-order chi connectivity index (χ1) is 31.4. The maximum atomic E-state index is 13.8. The van der Waals surface area contributed by atoms with E-state index in [0.29, 0.717) is 75.7 Å². The number of alkyl halides is 3. The van der Waals surface area contributed by atoms with Crippen LogP contribution in [0.3, 0.4) is 0 Å². The zero-order valence-corrected chi connectivity index (χ0v) is 36.9. The van der Waals surface area contributed by atoms with Crippen LogP contribution in [-0.4, -0.2) is 137 Å². The molecule has 19 heteroatoms. The number of nitrogens with one attached hydrogen (secondary N) is 2. The normalized spacial score (nSPS) is 24.7. The zero-order chi connectivity index (χ0) is 45.2. The van der Waals surface area contributed by atoms with Crippen LogP contribution in [0.2, 0.25) is 0 Å². The van der Waals surface area contributed by atoms with E-state index in [1.807, 2.05) is 26.8 Å². The number of pyridine rings is 2. The van der Waals surface area contributed by atoms with E-state index in [1.165, 1.54) is 19.6 Å². The number of piperidine rings is 2. The number of halogens is 3. The Morgan fingerprint density at radius 1 is 0.800 bits per heavy atom. The number of amides is 4. The highest BCUT2D eigenvalue weighted by atomic mass is 19.4. The highest BCUT2D eigenvalue weighted by Crippen LogP contribution is 2.39. The van der Waals surface area contributed by atoms with E-state index in [0.717, 1.165) is 107 Å². The molecule has 2 atom stereocenters. The summed E-state index contributed by atoms with van der Waals surface area (Å²) >= 11 is 0. The number of rotatable bonds is 10. The molecule has 16 nitrogen and oxygen atoms in total. The Bertz CT molecular complexity index is 2220. The van der Waals surface area contributed by atoms with Crippen LogP contribution in [0.15, 0.2) is 36.9 Å². The van der Waals surface area contributed by atoms with Gasteiger partial charge in [-0.15, -0.1) is 0 Å². The third kappa shape index (κ3) is 9.99. The molecule has 1 saturated carbocycles. The molecule has 348 valence electrons. The van der Waals surface area contributed by atoms with Crippen LogP contribution < -0.4 is 25.2 Å². The van der Waals surface area contributed by atoms with Crippen LogP contribution in [0.4, 0.5) is 30.5 Å². The second-order valence-corrected chi connectivity index (χ2v) is 18.5. The topological polar surface area (TPSA) is 169 Å². The van der Waals surface area contributed by atoms with Gasteiger partial charge in [0.15, 0.2) is 0 Å². The van der Waals surface area contributed by atoms with E-state index >= 15 is 0 Å². The summed E-state index contributed by atoms with van der Waals surface area (Å²) in [4.78, 5) is 79.5. The molecule has 8 heterocycles. The predicted octanol–water partition coefficient (Wildman–Crippen LogP) is 4.26. The van der Waals surface area contributed by atoms with Gasteiger partial charge in [-0.05, 0) is 75.0 Å². The maximum Gasteiger partial charge on any atom is 0.421 e. The highest BCUT2D eigenvalue weighted by molar-refractivity contribution is 6.00. The number of carbonyl (C=O) groups excluding carboxylic acids is 4. The first-order valence-electron chi connectivity index (χ1n) is 23.2. The molecule has 4 saturated heterocycles. The molecule has 6 aliphatic rings. The van der Waals surface area contributed by atoms with Crippen LogP contribution >= 0.6 is 0 Å². The van der Waals surface area contributed by atoms with Crippen LogP contribution in [0.5, 0.6) is 5.88 Å². The molecule has 3 aromatic rings. The van der Waals surface area contributed by atoms with E-state index in [-0.39, 0.29) is 47.4 Å². The molecule has 5 aliphatic heterocycles. The van der Waals surface area contributed by atoms with Crippen molar-refractivity contribution in [3.8, 4) is 5.88 Å². The third-order valence-electron chi connectivity index (χ3n) is 14.5. The minimum Gasteiger partial charge on any atom is -0.481 e. The average molecular weight is 902 g/mol. The van der Waals surface area contributed by atoms with Gasteiger partial charge in [-0.25, -0.2) is 19.9 Å². The molecule has 1 aliphatic carbocycles. The molecule has 1 unspecified atom stereocenters. The lowest BCUT2D eigenvalue weighted by molar-refractivity contribution is -0.142. The summed E-state index contributed by atoms with van der Waals surface area (Å²) < 4.78 is 46.2. The fraction of sp³-hybridized carbons (Fsp3) is 0.609. The van der Waals surface area contributed by atoms with E-state index < -0.39 is 17.6 Å². The summed E-state index contributed by atoms with van der Waals surface area (Å²) in [6.45, 7) is 7.99. The van der Waals surface area contributed by atoms with Crippen LogP contribution in [0, 0.1) is 17.8 Å². The lowest BCUT2D eigenvalue weighted by Crippen LogP contribution is -2.52. The number of aromatic nitrogens is 4. The number of ether oxygens (including phenoxy) is 1. The minimum atomic E-state index is -4.61. The number of methoxy groups -OCH3 is 1. The van der Waals surface area contributed by atoms with Gasteiger partial charge in [-0.2, -0.15) is 13.2 Å². The smallest absolute Gasteiger partial charge is 0.421 e. The van der Waals surface area contributed by atoms with E-state index in [9.17, 15) is 32.3 Å². The Hall–Kier alpha value is -5.59. The average Bonchev–Trinajstić information content (AvgIpc) is 3.80. The van der Waals surface area contributed by atoms with E-state index in [1.54, 1.807) is 6.20 Å². The molecule has 5 fully saturated rings. The highest BCUT2D eigenvalue weighted by Gasteiger charge is 2.39. The molecule has 0 radical (unpaired) electrons. The molecular weight excluding hydrogens is 844 g/mol. The molecule has 9 rings (SSSR count). The van der Waals surface area contributed by atoms with Crippen molar-refractivity contribution in [1.82, 2.24) is 40.0 Å². The van der Waals surface area contributed by atoms with Gasteiger partial charge in [0, 0.05) is 114 Å². The number of carbonyl (C=O) groups is 4. The summed E-state index contributed by atoms with van der Waals surface area (Å²) in [5.74, 6) is 1.08. The Balaban J connectivity index is 0.689. The Morgan fingerprint density at radius 3 is 2.22 bits per heavy atom. The number of piperazine rings is 1. The van der Waals surface area contributed by atoms with E-state index in [4.69, 9.17) is 4.74 Å². The Morgan fingerprint density at radius 2 is 1.54 bits per heavy atom. The monoisotopic (exact) mass is 901 g/mol. The first kappa shape index (κ1) is 44.6. The van der Waals surface area contributed by atoms with Crippen molar-refractivity contribution in [2.75, 3.05) is 87.7 Å². The zero-order valence-electron chi connectivity index (χ0n) is 36.9. The van der Waals surface area contributed by atoms with Crippen molar-refractivity contribution in [2.45, 2.75) is 88.9 Å². The first-order valence-corrected chi connectivity index (χ1v) is 23.2. The summed E-state index contributed by atoms with van der Waals surface area (Å²) in [6.07, 6.45) is 7.18. The molecule has 0 bridgehead atoms. The van der Waals surface area contributed by atoms with Gasteiger partial charge in [0.25, 0.3) is 0 Å². The van der Waals surface area contributed by atoms with Crippen molar-refractivity contribution in [3.05, 3.63) is 59.3 Å².